The molecule has 1 atom stereocenters. The minimum absolute atomic E-state index is 0.00263. The number of alkyl halides is 3. The Labute approximate surface area is 141 Å². The van der Waals surface area contributed by atoms with E-state index in [1.807, 2.05) is 0 Å². The van der Waals surface area contributed by atoms with Crippen LogP contribution in [-0.2, 0) is 22.3 Å². The number of carbonyl (C=O) groups excluding carboxylic acids is 1. The fourth-order valence-corrected chi connectivity index (χ4v) is 2.03. The molecule has 1 amide bonds. The van der Waals surface area contributed by atoms with Gasteiger partial charge >= 0.3 is 18.2 Å². The zero-order valence-electron chi connectivity index (χ0n) is 12.8. The number of amides is 1. The van der Waals surface area contributed by atoms with Gasteiger partial charge in [0.15, 0.2) is 6.04 Å². The summed E-state index contributed by atoms with van der Waals surface area (Å²) in [6.07, 6.45) is -5.52. The molecule has 0 spiro atoms. The van der Waals surface area contributed by atoms with Crippen molar-refractivity contribution >= 4 is 12.1 Å². The summed E-state index contributed by atoms with van der Waals surface area (Å²) in [7, 11) is 0. The fraction of sp³-hybridized carbons (Fsp3) is 0.176. The highest BCUT2D eigenvalue weighted by Gasteiger charge is 2.31. The molecule has 5 nitrogen and oxygen atoms in total. The Kier molecular flexibility index (Phi) is 5.63. The van der Waals surface area contributed by atoms with Crippen LogP contribution in [0.5, 0.6) is 0 Å². The van der Waals surface area contributed by atoms with E-state index in [0.29, 0.717) is 5.56 Å². The van der Waals surface area contributed by atoms with Crippen molar-refractivity contribution in [1.29, 1.82) is 0 Å². The fourth-order valence-electron chi connectivity index (χ4n) is 2.03. The van der Waals surface area contributed by atoms with Gasteiger partial charge in [-0.3, -0.25) is 0 Å². The van der Waals surface area contributed by atoms with Crippen molar-refractivity contribution in [2.45, 2.75) is 18.8 Å². The summed E-state index contributed by atoms with van der Waals surface area (Å²) in [6, 6.07) is 10.7. The SMILES string of the molecule is O=C(NC(C(=O)O)c1ccc(C(F)(F)F)cc1)OCc1ccccc1. The van der Waals surface area contributed by atoms with E-state index in [1.165, 1.54) is 0 Å². The molecular formula is C17H14F3NO4. The van der Waals surface area contributed by atoms with Crippen LogP contribution in [0.3, 0.4) is 0 Å². The van der Waals surface area contributed by atoms with E-state index in [9.17, 15) is 27.9 Å². The number of hydrogen-bond acceptors (Lipinski definition) is 3. The van der Waals surface area contributed by atoms with E-state index in [2.05, 4.69) is 5.32 Å². The molecule has 25 heavy (non-hydrogen) atoms. The number of carboxylic acids is 1. The number of carbonyl (C=O) groups is 2. The molecule has 0 bridgehead atoms. The number of aliphatic carboxylic acids is 1. The number of nitrogens with one attached hydrogen (secondary N) is 1. The van der Waals surface area contributed by atoms with Gasteiger partial charge in [0.1, 0.15) is 6.61 Å². The third-order valence-corrected chi connectivity index (χ3v) is 3.29. The average Bonchev–Trinajstić information content (AvgIpc) is 2.58. The van der Waals surface area contributed by atoms with Crippen LogP contribution in [0, 0.1) is 0 Å². The first-order valence-corrected chi connectivity index (χ1v) is 7.14. The second-order valence-electron chi connectivity index (χ2n) is 5.10. The number of carboxylic acid groups (broad SMARTS) is 1. The number of hydrogen-bond donors (Lipinski definition) is 2. The lowest BCUT2D eigenvalue weighted by Crippen LogP contribution is -2.34. The van der Waals surface area contributed by atoms with Crippen molar-refractivity contribution in [2.75, 3.05) is 0 Å². The van der Waals surface area contributed by atoms with Gasteiger partial charge in [-0.15, -0.1) is 0 Å². The van der Waals surface area contributed by atoms with Crippen LogP contribution >= 0.6 is 0 Å². The van der Waals surface area contributed by atoms with Gasteiger partial charge < -0.3 is 15.2 Å². The minimum Gasteiger partial charge on any atom is -0.479 e. The van der Waals surface area contributed by atoms with Gasteiger partial charge in [0.2, 0.25) is 0 Å². The Hall–Kier alpha value is -3.03. The van der Waals surface area contributed by atoms with E-state index >= 15 is 0 Å². The van der Waals surface area contributed by atoms with E-state index in [4.69, 9.17) is 4.74 Å². The number of rotatable bonds is 5. The molecular weight excluding hydrogens is 339 g/mol. The maximum atomic E-state index is 12.5. The number of benzene rings is 2. The van der Waals surface area contributed by atoms with Crippen molar-refractivity contribution in [1.82, 2.24) is 5.32 Å². The van der Waals surface area contributed by atoms with Gasteiger partial charge in [-0.2, -0.15) is 13.2 Å². The third-order valence-electron chi connectivity index (χ3n) is 3.29. The summed E-state index contributed by atoms with van der Waals surface area (Å²) < 4.78 is 42.5. The smallest absolute Gasteiger partial charge is 0.416 e. The normalized spacial score (nSPS) is 12.3. The van der Waals surface area contributed by atoms with Gasteiger partial charge in [-0.05, 0) is 23.3 Å². The molecule has 0 radical (unpaired) electrons. The van der Waals surface area contributed by atoms with Crippen LogP contribution in [-0.4, -0.2) is 17.2 Å². The Morgan fingerprint density at radius 3 is 2.16 bits per heavy atom. The lowest BCUT2D eigenvalue weighted by Gasteiger charge is -2.16. The van der Waals surface area contributed by atoms with Gasteiger partial charge in [0.25, 0.3) is 0 Å². The van der Waals surface area contributed by atoms with Crippen LogP contribution in [0.15, 0.2) is 54.6 Å². The van der Waals surface area contributed by atoms with Crippen LogP contribution in [0.2, 0.25) is 0 Å². The first-order valence-electron chi connectivity index (χ1n) is 7.14. The molecule has 0 aromatic heterocycles. The summed E-state index contributed by atoms with van der Waals surface area (Å²) >= 11 is 0. The lowest BCUT2D eigenvalue weighted by molar-refractivity contribution is -0.139. The molecule has 1 unspecified atom stereocenters. The van der Waals surface area contributed by atoms with Crippen molar-refractivity contribution in [2.24, 2.45) is 0 Å². The van der Waals surface area contributed by atoms with E-state index in [1.54, 1.807) is 30.3 Å². The predicted octanol–water partition coefficient (Wildman–Crippen LogP) is 3.76. The van der Waals surface area contributed by atoms with Crippen LogP contribution < -0.4 is 5.32 Å². The zero-order valence-corrected chi connectivity index (χ0v) is 12.8. The van der Waals surface area contributed by atoms with Gasteiger partial charge in [-0.1, -0.05) is 42.5 Å². The van der Waals surface area contributed by atoms with Crippen LogP contribution in [0.1, 0.15) is 22.7 Å². The summed E-state index contributed by atoms with van der Waals surface area (Å²) in [5, 5.41) is 11.3. The Bertz CT molecular complexity index is 730. The molecule has 0 saturated carbocycles. The lowest BCUT2D eigenvalue weighted by atomic mass is 10.0. The Morgan fingerprint density at radius 1 is 1.04 bits per heavy atom. The largest absolute Gasteiger partial charge is 0.479 e. The second kappa shape index (κ2) is 7.69. The summed E-state index contributed by atoms with van der Waals surface area (Å²) in [4.78, 5) is 23.1. The Morgan fingerprint density at radius 2 is 1.64 bits per heavy atom. The van der Waals surface area contributed by atoms with Crippen LogP contribution in [0.25, 0.3) is 0 Å². The maximum Gasteiger partial charge on any atom is 0.416 e. The predicted molar refractivity (Wildman–Crippen MR) is 81.6 cm³/mol. The van der Waals surface area contributed by atoms with Crippen molar-refractivity contribution in [3.05, 3.63) is 71.3 Å². The van der Waals surface area contributed by atoms with Crippen molar-refractivity contribution < 1.29 is 32.6 Å². The molecule has 0 aliphatic carbocycles. The number of halogens is 3. The van der Waals surface area contributed by atoms with Gasteiger partial charge in [0, 0.05) is 0 Å². The molecule has 8 heteroatoms. The molecule has 2 aromatic rings. The first-order chi connectivity index (χ1) is 11.8. The molecule has 0 aliphatic rings. The Balaban J connectivity index is 2.03. The molecule has 0 fully saturated rings. The van der Waals surface area contributed by atoms with Crippen molar-refractivity contribution in [3.8, 4) is 0 Å². The topological polar surface area (TPSA) is 75.6 Å². The highest BCUT2D eigenvalue weighted by Crippen LogP contribution is 2.30. The van der Waals surface area contributed by atoms with Crippen LogP contribution in [0.4, 0.5) is 18.0 Å². The van der Waals surface area contributed by atoms with Gasteiger partial charge in [0.05, 0.1) is 5.56 Å². The minimum atomic E-state index is -4.53. The molecule has 0 saturated heterocycles. The van der Waals surface area contributed by atoms with Crippen molar-refractivity contribution in [3.63, 3.8) is 0 Å². The summed E-state index contributed by atoms with van der Waals surface area (Å²) in [6.45, 7) is -0.0635. The van der Waals surface area contributed by atoms with E-state index in [0.717, 1.165) is 24.3 Å². The molecule has 2 N–H and O–H groups in total. The molecule has 0 aliphatic heterocycles. The standard InChI is InChI=1S/C17H14F3NO4/c18-17(19,20)13-8-6-12(7-9-13)14(15(22)23)21-16(24)25-10-11-4-2-1-3-5-11/h1-9,14H,10H2,(H,21,24)(H,22,23). The molecule has 132 valence electrons. The molecule has 2 aromatic carbocycles. The highest BCUT2D eigenvalue weighted by atomic mass is 19.4. The monoisotopic (exact) mass is 353 g/mol. The maximum absolute atomic E-state index is 12.5. The highest BCUT2D eigenvalue weighted by molar-refractivity contribution is 5.81. The number of ether oxygens (including phenoxy) is 1. The van der Waals surface area contributed by atoms with E-state index in [-0.39, 0.29) is 12.2 Å². The quantitative estimate of drug-likeness (QED) is 0.858. The molecule has 0 heterocycles. The average molecular weight is 353 g/mol. The number of alkyl carbamates (subject to hydrolysis) is 1. The first kappa shape index (κ1) is 18.3. The van der Waals surface area contributed by atoms with Gasteiger partial charge in [-0.25, -0.2) is 9.59 Å². The summed E-state index contributed by atoms with van der Waals surface area (Å²) in [5.41, 5.74) is -0.205. The second-order valence-corrected chi connectivity index (χ2v) is 5.10. The third kappa shape index (κ3) is 5.23. The van der Waals surface area contributed by atoms with E-state index < -0.39 is 29.8 Å². The zero-order chi connectivity index (χ0) is 18.4. The summed E-state index contributed by atoms with van der Waals surface area (Å²) in [5.74, 6) is -1.42. The molecule has 2 rings (SSSR count).